The largest absolute Gasteiger partial charge is 0.428 e. The molecular formula is C14H19N3O3S. The molecule has 3 rings (SSSR count). The molecule has 1 aromatic heterocycles. The number of nitrogens with zero attached hydrogens (tertiary/aromatic N) is 2. The first-order valence-corrected chi connectivity index (χ1v) is 8.81. The lowest BCUT2D eigenvalue weighted by atomic mass is 10.3. The molecule has 2 heterocycles. The first-order valence-electron chi connectivity index (χ1n) is 7.16. The maximum Gasteiger partial charge on any atom is 0.316 e. The van der Waals surface area contributed by atoms with Gasteiger partial charge in [0.15, 0.2) is 5.58 Å². The second-order valence-electron chi connectivity index (χ2n) is 5.43. The van der Waals surface area contributed by atoms with Crippen LogP contribution in [0.2, 0.25) is 0 Å². The fourth-order valence-corrected chi connectivity index (χ4v) is 3.76. The van der Waals surface area contributed by atoms with Crippen LogP contribution in [0, 0.1) is 0 Å². The molecule has 6 nitrogen and oxygen atoms in total. The minimum absolute atomic E-state index is 0.0613. The number of hydrogen-bond donors (Lipinski definition) is 1. The highest BCUT2D eigenvalue weighted by molar-refractivity contribution is 7.91. The van der Waals surface area contributed by atoms with Gasteiger partial charge < -0.3 is 15.1 Å². The highest BCUT2D eigenvalue weighted by Crippen LogP contribution is 2.22. The molecule has 2 aromatic rings. The van der Waals surface area contributed by atoms with Gasteiger partial charge >= 0.3 is 5.22 Å². The number of rotatable bonds is 5. The van der Waals surface area contributed by atoms with Crippen LogP contribution in [0.15, 0.2) is 27.8 Å². The standard InChI is InChI=1S/C14H19N3O3S/c15-11-4-5-12-13(10-11)20-14(16-12)21(18,19)9-3-8-17-6-1-2-7-17/h4-5,10H,1-3,6-9,15H2. The third kappa shape index (κ3) is 3.19. The molecule has 1 aliphatic rings. The first-order chi connectivity index (χ1) is 10.0. The zero-order chi connectivity index (χ0) is 14.9. The second-order valence-corrected chi connectivity index (χ2v) is 7.42. The highest BCUT2D eigenvalue weighted by atomic mass is 32.2. The highest BCUT2D eigenvalue weighted by Gasteiger charge is 2.22. The minimum atomic E-state index is -3.47. The third-order valence-corrected chi connectivity index (χ3v) is 5.28. The first kappa shape index (κ1) is 14.3. The van der Waals surface area contributed by atoms with E-state index in [1.807, 2.05) is 0 Å². The number of oxazole rings is 1. The van der Waals surface area contributed by atoms with Crippen LogP contribution in [0.1, 0.15) is 19.3 Å². The van der Waals surface area contributed by atoms with Gasteiger partial charge in [0.2, 0.25) is 9.84 Å². The van der Waals surface area contributed by atoms with E-state index in [0.717, 1.165) is 19.6 Å². The number of nitrogen functional groups attached to an aromatic ring is 1. The van der Waals surface area contributed by atoms with E-state index in [2.05, 4.69) is 9.88 Å². The number of nitrogens with two attached hydrogens (primary N) is 1. The average Bonchev–Trinajstić information content (AvgIpc) is 3.06. The molecule has 0 saturated carbocycles. The predicted octanol–water partition coefficient (Wildman–Crippen LogP) is 1.67. The maximum atomic E-state index is 12.3. The van der Waals surface area contributed by atoms with Gasteiger partial charge in [0.05, 0.1) is 5.75 Å². The Bertz CT molecular complexity index is 733. The van der Waals surface area contributed by atoms with E-state index in [4.69, 9.17) is 10.2 Å². The van der Waals surface area contributed by atoms with Crippen LogP contribution in [0.25, 0.3) is 11.1 Å². The predicted molar refractivity (Wildman–Crippen MR) is 80.8 cm³/mol. The van der Waals surface area contributed by atoms with Gasteiger partial charge in [-0.15, -0.1) is 0 Å². The number of sulfone groups is 1. The summed E-state index contributed by atoms with van der Waals surface area (Å²) in [5.74, 6) is 0.0613. The lowest BCUT2D eigenvalue weighted by Gasteiger charge is -2.13. The van der Waals surface area contributed by atoms with Gasteiger partial charge in [-0.3, -0.25) is 0 Å². The summed E-state index contributed by atoms with van der Waals surface area (Å²) in [4.78, 5) is 6.35. The summed E-state index contributed by atoms with van der Waals surface area (Å²) in [5.41, 5.74) is 7.10. The summed E-state index contributed by atoms with van der Waals surface area (Å²) < 4.78 is 29.9. The van der Waals surface area contributed by atoms with E-state index in [0.29, 0.717) is 23.2 Å². The van der Waals surface area contributed by atoms with E-state index in [1.54, 1.807) is 18.2 Å². The Hall–Kier alpha value is -1.60. The van der Waals surface area contributed by atoms with Crippen LogP contribution in [-0.4, -0.2) is 43.7 Å². The van der Waals surface area contributed by atoms with Gasteiger partial charge in [0, 0.05) is 11.8 Å². The van der Waals surface area contributed by atoms with Crippen molar-refractivity contribution in [2.75, 3.05) is 31.1 Å². The second kappa shape index (κ2) is 5.65. The van der Waals surface area contributed by atoms with Crippen molar-refractivity contribution < 1.29 is 12.8 Å². The van der Waals surface area contributed by atoms with Gasteiger partial charge in [-0.2, -0.15) is 4.98 Å². The van der Waals surface area contributed by atoms with Crippen molar-refractivity contribution >= 4 is 26.6 Å². The zero-order valence-corrected chi connectivity index (χ0v) is 12.6. The van der Waals surface area contributed by atoms with Gasteiger partial charge in [0.1, 0.15) is 5.52 Å². The molecule has 0 unspecified atom stereocenters. The smallest absolute Gasteiger partial charge is 0.316 e. The monoisotopic (exact) mass is 309 g/mol. The summed E-state index contributed by atoms with van der Waals surface area (Å²) >= 11 is 0. The minimum Gasteiger partial charge on any atom is -0.428 e. The fraction of sp³-hybridized carbons (Fsp3) is 0.500. The van der Waals surface area contributed by atoms with Gasteiger partial charge in [-0.1, -0.05) is 0 Å². The Morgan fingerprint density at radius 2 is 2.05 bits per heavy atom. The van der Waals surface area contributed by atoms with E-state index in [1.165, 1.54) is 12.8 Å². The Labute approximate surface area is 123 Å². The molecule has 1 fully saturated rings. The normalized spacial score (nSPS) is 16.8. The van der Waals surface area contributed by atoms with Crippen molar-refractivity contribution in [3.8, 4) is 0 Å². The molecule has 0 aliphatic carbocycles. The molecule has 0 bridgehead atoms. The van der Waals surface area contributed by atoms with Crippen LogP contribution in [0.5, 0.6) is 0 Å². The SMILES string of the molecule is Nc1ccc2nc(S(=O)(=O)CCCN3CCCC3)oc2c1. The summed E-state index contributed by atoms with van der Waals surface area (Å²) in [7, 11) is -3.47. The lowest BCUT2D eigenvalue weighted by Crippen LogP contribution is -2.22. The topological polar surface area (TPSA) is 89.4 Å². The number of likely N-dealkylation sites (tertiary alicyclic amines) is 1. The number of anilines is 1. The fourth-order valence-electron chi connectivity index (χ4n) is 2.62. The van der Waals surface area contributed by atoms with Crippen LogP contribution in [0.3, 0.4) is 0 Å². The number of benzene rings is 1. The van der Waals surface area contributed by atoms with Crippen LogP contribution in [0.4, 0.5) is 5.69 Å². The quantitative estimate of drug-likeness (QED) is 0.845. The number of hydrogen-bond acceptors (Lipinski definition) is 6. The molecule has 114 valence electrons. The van der Waals surface area contributed by atoms with Gasteiger partial charge in [-0.25, -0.2) is 8.42 Å². The Morgan fingerprint density at radius 3 is 2.81 bits per heavy atom. The van der Waals surface area contributed by atoms with Crippen molar-refractivity contribution in [2.45, 2.75) is 24.5 Å². The van der Waals surface area contributed by atoms with Crippen LogP contribution < -0.4 is 5.73 Å². The molecule has 21 heavy (non-hydrogen) atoms. The van der Waals surface area contributed by atoms with E-state index in [-0.39, 0.29) is 11.0 Å². The summed E-state index contributed by atoms with van der Waals surface area (Å²) in [6.45, 7) is 2.96. The summed E-state index contributed by atoms with van der Waals surface area (Å²) in [5, 5.41) is -0.204. The van der Waals surface area contributed by atoms with Gasteiger partial charge in [-0.05, 0) is 51.0 Å². The molecule has 0 radical (unpaired) electrons. The van der Waals surface area contributed by atoms with Crippen LogP contribution in [-0.2, 0) is 9.84 Å². The van der Waals surface area contributed by atoms with E-state index < -0.39 is 9.84 Å². The van der Waals surface area contributed by atoms with Crippen molar-refractivity contribution in [3.05, 3.63) is 18.2 Å². The molecule has 0 spiro atoms. The molecular weight excluding hydrogens is 290 g/mol. The molecule has 1 aromatic carbocycles. The van der Waals surface area contributed by atoms with Crippen molar-refractivity contribution in [3.63, 3.8) is 0 Å². The van der Waals surface area contributed by atoms with E-state index >= 15 is 0 Å². The lowest BCUT2D eigenvalue weighted by molar-refractivity contribution is 0.339. The third-order valence-electron chi connectivity index (χ3n) is 3.75. The Morgan fingerprint density at radius 1 is 1.29 bits per heavy atom. The molecule has 1 aliphatic heterocycles. The van der Waals surface area contributed by atoms with Crippen molar-refractivity contribution in [1.29, 1.82) is 0 Å². The Balaban J connectivity index is 1.70. The number of fused-ring (bicyclic) bond motifs is 1. The molecule has 1 saturated heterocycles. The summed E-state index contributed by atoms with van der Waals surface area (Å²) in [6, 6.07) is 4.93. The maximum absolute atomic E-state index is 12.3. The molecule has 7 heteroatoms. The molecule has 2 N–H and O–H groups in total. The van der Waals surface area contributed by atoms with Crippen LogP contribution >= 0.6 is 0 Å². The zero-order valence-electron chi connectivity index (χ0n) is 11.8. The number of aromatic nitrogens is 1. The van der Waals surface area contributed by atoms with Gasteiger partial charge in [0.25, 0.3) is 0 Å². The van der Waals surface area contributed by atoms with Crippen molar-refractivity contribution in [1.82, 2.24) is 9.88 Å². The molecule has 0 atom stereocenters. The van der Waals surface area contributed by atoms with E-state index in [9.17, 15) is 8.42 Å². The van der Waals surface area contributed by atoms with Crippen molar-refractivity contribution in [2.24, 2.45) is 0 Å². The average molecular weight is 309 g/mol. The molecule has 0 amide bonds. The Kier molecular flexibility index (Phi) is 3.86. The summed E-state index contributed by atoms with van der Waals surface area (Å²) in [6.07, 6.45) is 3.02.